The van der Waals surface area contributed by atoms with Gasteiger partial charge in [-0.3, -0.25) is 4.79 Å². The van der Waals surface area contributed by atoms with Crippen molar-refractivity contribution in [1.29, 1.82) is 0 Å². The molecule has 0 spiro atoms. The zero-order valence-electron chi connectivity index (χ0n) is 10.7. The van der Waals surface area contributed by atoms with Crippen LogP contribution in [0.15, 0.2) is 24.3 Å². The molecular weight excluding hydrogens is 210 g/mol. The second kappa shape index (κ2) is 4.74. The molecule has 1 atom stereocenters. The van der Waals surface area contributed by atoms with Crippen molar-refractivity contribution >= 4 is 11.6 Å². The van der Waals surface area contributed by atoms with E-state index in [-0.39, 0.29) is 5.91 Å². The van der Waals surface area contributed by atoms with Crippen molar-refractivity contribution < 1.29 is 4.79 Å². The van der Waals surface area contributed by atoms with Gasteiger partial charge in [0, 0.05) is 18.5 Å². The second-order valence-electron chi connectivity index (χ2n) is 4.84. The van der Waals surface area contributed by atoms with Gasteiger partial charge in [0.15, 0.2) is 0 Å². The third-order valence-corrected chi connectivity index (χ3v) is 3.22. The Morgan fingerprint density at radius 3 is 2.71 bits per heavy atom. The Morgan fingerprint density at radius 2 is 2.12 bits per heavy atom. The van der Waals surface area contributed by atoms with E-state index in [1.165, 1.54) is 11.1 Å². The lowest BCUT2D eigenvalue weighted by Gasteiger charge is -2.18. The Balaban J connectivity index is 2.46. The summed E-state index contributed by atoms with van der Waals surface area (Å²) < 4.78 is 0. The van der Waals surface area contributed by atoms with E-state index in [9.17, 15) is 4.79 Å². The average Bonchev–Trinajstić information content (AvgIpc) is 2.74. The van der Waals surface area contributed by atoms with E-state index in [4.69, 9.17) is 0 Å². The number of benzene rings is 1. The number of hydrogen-bond donors (Lipinski definition) is 1. The fraction of sp³-hybridized carbons (Fsp3) is 0.400. The highest BCUT2D eigenvalue weighted by atomic mass is 16.1. The van der Waals surface area contributed by atoms with Gasteiger partial charge < -0.3 is 5.32 Å². The van der Waals surface area contributed by atoms with Gasteiger partial charge in [-0.1, -0.05) is 29.8 Å². The first-order valence-corrected chi connectivity index (χ1v) is 6.13. The van der Waals surface area contributed by atoms with Gasteiger partial charge in [-0.05, 0) is 37.8 Å². The largest absolute Gasteiger partial charge is 0.326 e. The second-order valence-corrected chi connectivity index (χ2v) is 4.84. The van der Waals surface area contributed by atoms with Gasteiger partial charge in [0.05, 0.1) is 0 Å². The predicted molar refractivity (Wildman–Crippen MR) is 71.3 cm³/mol. The molecule has 1 aliphatic carbocycles. The van der Waals surface area contributed by atoms with Crippen LogP contribution in [0.1, 0.15) is 42.4 Å². The van der Waals surface area contributed by atoms with Gasteiger partial charge >= 0.3 is 0 Å². The van der Waals surface area contributed by atoms with E-state index in [1.807, 2.05) is 0 Å². The van der Waals surface area contributed by atoms with E-state index in [0.717, 1.165) is 24.1 Å². The molecule has 2 nitrogen and oxygen atoms in total. The van der Waals surface area contributed by atoms with E-state index in [1.54, 1.807) is 6.92 Å². The summed E-state index contributed by atoms with van der Waals surface area (Å²) in [5.41, 5.74) is 4.66. The Hall–Kier alpha value is -1.57. The van der Waals surface area contributed by atoms with Gasteiger partial charge in [0.25, 0.3) is 0 Å². The molecule has 0 fully saturated rings. The molecule has 0 aliphatic heterocycles. The Bertz CT molecular complexity index is 474. The summed E-state index contributed by atoms with van der Waals surface area (Å²) in [4.78, 5) is 11.3. The first-order valence-electron chi connectivity index (χ1n) is 6.13. The van der Waals surface area contributed by atoms with Crippen molar-refractivity contribution in [3.05, 3.63) is 41.0 Å². The monoisotopic (exact) mass is 229 g/mol. The summed E-state index contributed by atoms with van der Waals surface area (Å²) >= 11 is 0. The van der Waals surface area contributed by atoms with Crippen LogP contribution in [0.3, 0.4) is 0 Å². The maximum Gasteiger partial charge on any atom is 0.221 e. The van der Waals surface area contributed by atoms with Gasteiger partial charge in [0.1, 0.15) is 0 Å². The lowest BCUT2D eigenvalue weighted by atomic mass is 9.92. The zero-order valence-corrected chi connectivity index (χ0v) is 10.7. The molecule has 1 N–H and O–H groups in total. The van der Waals surface area contributed by atoms with Crippen molar-refractivity contribution in [3.8, 4) is 0 Å². The summed E-state index contributed by atoms with van der Waals surface area (Å²) in [7, 11) is 0. The first-order chi connectivity index (χ1) is 8.08. The molecule has 0 aromatic heterocycles. The Morgan fingerprint density at radius 1 is 1.35 bits per heavy atom. The average molecular weight is 229 g/mol. The number of rotatable bonds is 2. The molecule has 17 heavy (non-hydrogen) atoms. The zero-order chi connectivity index (χ0) is 12.4. The van der Waals surface area contributed by atoms with Gasteiger partial charge in [-0.25, -0.2) is 0 Å². The highest BCUT2D eigenvalue weighted by Crippen LogP contribution is 2.35. The van der Waals surface area contributed by atoms with Crippen LogP contribution >= 0.6 is 0 Å². The number of nitrogens with one attached hydrogen (secondary N) is 1. The molecule has 1 unspecified atom stereocenters. The minimum absolute atomic E-state index is 0.000166. The summed E-state index contributed by atoms with van der Waals surface area (Å²) in [6.07, 6.45) is 6.76. The molecule has 90 valence electrons. The molecule has 2 heteroatoms. The maximum atomic E-state index is 11.3. The lowest BCUT2D eigenvalue weighted by Crippen LogP contribution is -2.11. The molecule has 2 rings (SSSR count). The van der Waals surface area contributed by atoms with Crippen molar-refractivity contribution in [2.45, 2.75) is 39.5 Å². The summed E-state index contributed by atoms with van der Waals surface area (Å²) in [5.74, 6) is 0.454. The standard InChI is InChI=1S/C15H19NO/c1-10-8-11(2)15(16-12(3)17)14(9-10)13-6-4-5-7-13/h4,6,8-9,13H,5,7H2,1-3H3,(H,16,17). The number of allylic oxidation sites excluding steroid dienone is 2. The van der Waals surface area contributed by atoms with Gasteiger partial charge in [-0.15, -0.1) is 0 Å². The molecule has 0 saturated carbocycles. The lowest BCUT2D eigenvalue weighted by molar-refractivity contribution is -0.114. The number of carbonyl (C=O) groups excluding carboxylic acids is 1. The van der Waals surface area contributed by atoms with Gasteiger partial charge in [0.2, 0.25) is 5.91 Å². The normalized spacial score (nSPS) is 18.4. The molecule has 0 radical (unpaired) electrons. The van der Waals surface area contributed by atoms with Crippen LogP contribution < -0.4 is 5.32 Å². The highest BCUT2D eigenvalue weighted by molar-refractivity contribution is 5.90. The SMILES string of the molecule is CC(=O)Nc1c(C)cc(C)cc1C1C=CCC1. The van der Waals surface area contributed by atoms with Gasteiger partial charge in [-0.2, -0.15) is 0 Å². The van der Waals surface area contributed by atoms with Crippen LogP contribution in [0.5, 0.6) is 0 Å². The molecule has 1 aromatic rings. The molecule has 0 heterocycles. The fourth-order valence-corrected chi connectivity index (χ4v) is 2.53. The number of carbonyl (C=O) groups is 1. The van der Waals surface area contributed by atoms with Crippen molar-refractivity contribution in [2.24, 2.45) is 0 Å². The summed E-state index contributed by atoms with van der Waals surface area (Å²) in [6.45, 7) is 5.72. The van der Waals surface area contributed by atoms with Crippen LogP contribution in [0, 0.1) is 13.8 Å². The Kier molecular flexibility index (Phi) is 3.32. The number of aryl methyl sites for hydroxylation is 2. The number of hydrogen-bond acceptors (Lipinski definition) is 1. The molecule has 0 saturated heterocycles. The molecular formula is C15H19NO. The summed E-state index contributed by atoms with van der Waals surface area (Å²) in [6, 6.07) is 4.31. The van der Waals surface area contributed by atoms with E-state index < -0.39 is 0 Å². The molecule has 1 aromatic carbocycles. The highest BCUT2D eigenvalue weighted by Gasteiger charge is 2.18. The van der Waals surface area contributed by atoms with Crippen molar-refractivity contribution in [1.82, 2.24) is 0 Å². The minimum atomic E-state index is 0.000166. The topological polar surface area (TPSA) is 29.1 Å². The molecule has 1 aliphatic rings. The smallest absolute Gasteiger partial charge is 0.221 e. The van der Waals surface area contributed by atoms with Crippen LogP contribution in [0.2, 0.25) is 0 Å². The number of anilines is 1. The van der Waals surface area contributed by atoms with E-state index >= 15 is 0 Å². The first kappa shape index (κ1) is 11.9. The third-order valence-electron chi connectivity index (χ3n) is 3.22. The molecule has 1 amide bonds. The Labute approximate surface area is 103 Å². The van der Waals surface area contributed by atoms with Crippen molar-refractivity contribution in [3.63, 3.8) is 0 Å². The summed E-state index contributed by atoms with van der Waals surface area (Å²) in [5, 5.41) is 2.97. The third kappa shape index (κ3) is 2.57. The van der Waals surface area contributed by atoms with Crippen LogP contribution in [0.4, 0.5) is 5.69 Å². The van der Waals surface area contributed by atoms with E-state index in [0.29, 0.717) is 5.92 Å². The van der Waals surface area contributed by atoms with Crippen LogP contribution in [0.25, 0.3) is 0 Å². The van der Waals surface area contributed by atoms with Crippen molar-refractivity contribution in [2.75, 3.05) is 5.32 Å². The van der Waals surface area contributed by atoms with Crippen LogP contribution in [-0.4, -0.2) is 5.91 Å². The quantitative estimate of drug-likeness (QED) is 0.770. The minimum Gasteiger partial charge on any atom is -0.326 e. The van der Waals surface area contributed by atoms with Crippen LogP contribution in [-0.2, 0) is 4.79 Å². The van der Waals surface area contributed by atoms with E-state index in [2.05, 4.69) is 43.4 Å². The fourth-order valence-electron chi connectivity index (χ4n) is 2.53. The number of amides is 1. The predicted octanol–water partition coefficient (Wildman–Crippen LogP) is 3.70. The maximum absolute atomic E-state index is 11.3. The molecule has 0 bridgehead atoms.